The molecule has 0 bridgehead atoms. The van der Waals surface area contributed by atoms with Gasteiger partial charge in [-0.15, -0.1) is 0 Å². The van der Waals surface area contributed by atoms with Gasteiger partial charge in [0.05, 0.1) is 36.1 Å². The lowest BCUT2D eigenvalue weighted by Gasteiger charge is -2.28. The zero-order valence-corrected chi connectivity index (χ0v) is 24.8. The highest BCUT2D eigenvalue weighted by Crippen LogP contribution is 2.42. The maximum atomic E-state index is 14.0. The van der Waals surface area contributed by atoms with E-state index in [1.54, 1.807) is 43.3 Å². The number of nitrogens with zero attached hydrogens (tertiary/aromatic N) is 3. The monoisotopic (exact) mass is 619 g/mol. The van der Waals surface area contributed by atoms with Crippen LogP contribution in [0.2, 0.25) is 0 Å². The van der Waals surface area contributed by atoms with Gasteiger partial charge in [-0.1, -0.05) is 35.9 Å². The summed E-state index contributed by atoms with van der Waals surface area (Å²) in [6.07, 6.45) is -1.56. The average Bonchev–Trinajstić information content (AvgIpc) is 3.74. The van der Waals surface area contributed by atoms with Gasteiger partial charge in [0.2, 0.25) is 11.9 Å². The molecule has 1 spiro atoms. The van der Waals surface area contributed by atoms with Crippen LogP contribution in [0.5, 0.6) is 0 Å². The van der Waals surface area contributed by atoms with Crippen LogP contribution >= 0.6 is 0 Å². The topological polar surface area (TPSA) is 154 Å². The molecular weight excluding hydrogens is 590 g/mol. The zero-order chi connectivity index (χ0) is 31.2. The van der Waals surface area contributed by atoms with E-state index in [1.165, 1.54) is 22.8 Å². The summed E-state index contributed by atoms with van der Waals surface area (Å²) in [5, 5.41) is 10.0. The molecule has 0 amide bonds. The normalized spacial score (nSPS) is 18.8. The molecule has 44 heavy (non-hydrogen) atoms. The number of nitriles is 1. The third-order valence-corrected chi connectivity index (χ3v) is 9.88. The van der Waals surface area contributed by atoms with Crippen LogP contribution in [-0.2, 0) is 57.3 Å². The number of hydrogen-bond acceptors (Lipinski definition) is 10. The number of rotatable bonds is 7. The molecule has 0 aliphatic carbocycles. The second kappa shape index (κ2) is 11.2. The molecule has 1 fully saturated rings. The second-order valence-electron chi connectivity index (χ2n) is 10.7. The Morgan fingerprint density at radius 1 is 1.14 bits per heavy atom. The Morgan fingerprint density at radius 2 is 1.84 bits per heavy atom. The molecular formula is C31H29N3O9S. The lowest BCUT2D eigenvalue weighted by atomic mass is 10.0. The molecule has 0 N–H and O–H groups in total. The molecule has 4 heterocycles. The van der Waals surface area contributed by atoms with Crippen molar-refractivity contribution in [2.75, 3.05) is 24.1 Å². The highest BCUT2D eigenvalue weighted by molar-refractivity contribution is 7.93. The molecule has 1 saturated heterocycles. The summed E-state index contributed by atoms with van der Waals surface area (Å²) in [5.74, 6) is -3.31. The molecule has 3 aliphatic heterocycles. The van der Waals surface area contributed by atoms with Gasteiger partial charge < -0.3 is 23.5 Å². The van der Waals surface area contributed by atoms with Crippen LogP contribution in [0.3, 0.4) is 0 Å². The van der Waals surface area contributed by atoms with Gasteiger partial charge >= 0.3 is 11.9 Å². The fourth-order valence-electron chi connectivity index (χ4n) is 5.96. The van der Waals surface area contributed by atoms with Crippen molar-refractivity contribution >= 4 is 27.6 Å². The van der Waals surface area contributed by atoms with Gasteiger partial charge in [0, 0.05) is 24.9 Å². The van der Waals surface area contributed by atoms with E-state index in [4.69, 9.17) is 18.9 Å². The summed E-state index contributed by atoms with van der Waals surface area (Å²) in [4.78, 5) is 40.7. The van der Waals surface area contributed by atoms with Gasteiger partial charge in [-0.05, 0) is 43.7 Å². The smallest absolute Gasteiger partial charge is 0.352 e. The fraction of sp³-hybridized carbons (Fsp3) is 0.355. The van der Waals surface area contributed by atoms with Crippen molar-refractivity contribution in [1.29, 1.82) is 5.26 Å². The third-order valence-electron chi connectivity index (χ3n) is 8.04. The predicted octanol–water partition coefficient (Wildman–Crippen LogP) is 2.60. The number of aryl methyl sites for hydroxylation is 1. The van der Waals surface area contributed by atoms with Crippen LogP contribution in [-0.4, -0.2) is 50.8 Å². The number of ether oxygens (including phenoxy) is 4. The van der Waals surface area contributed by atoms with Gasteiger partial charge in [0.1, 0.15) is 17.7 Å². The summed E-state index contributed by atoms with van der Waals surface area (Å²) < 4.78 is 52.9. The Balaban J connectivity index is 1.42. The van der Waals surface area contributed by atoms with Gasteiger partial charge in [-0.2, -0.15) is 5.26 Å². The van der Waals surface area contributed by atoms with Crippen LogP contribution in [0.1, 0.15) is 47.4 Å². The Kier molecular flexibility index (Phi) is 7.53. The Bertz CT molecular complexity index is 1860. The summed E-state index contributed by atoms with van der Waals surface area (Å²) >= 11 is 0. The SMILES string of the molecule is CCOC(=O)C(OC(=O)C1Cc2ccccc2N1S(=O)(=O)c1ccc(C)cc1)c1cc2n(c(=O)c1C#N)CCC21OCCO1. The van der Waals surface area contributed by atoms with Crippen LogP contribution < -0.4 is 9.86 Å². The minimum atomic E-state index is -4.26. The van der Waals surface area contributed by atoms with Crippen LogP contribution in [0.25, 0.3) is 0 Å². The van der Waals surface area contributed by atoms with E-state index in [0.29, 0.717) is 17.7 Å². The second-order valence-corrected chi connectivity index (χ2v) is 12.5. The highest BCUT2D eigenvalue weighted by atomic mass is 32.2. The number of fused-ring (bicyclic) bond motifs is 3. The number of anilines is 1. The third kappa shape index (κ3) is 4.75. The summed E-state index contributed by atoms with van der Waals surface area (Å²) in [6.45, 7) is 4.08. The number of aromatic nitrogens is 1. The van der Waals surface area contributed by atoms with Crippen LogP contribution in [0.15, 0.2) is 64.3 Å². The average molecular weight is 620 g/mol. The molecule has 6 rings (SSSR count). The number of sulfonamides is 1. The minimum Gasteiger partial charge on any atom is -0.463 e. The first kappa shape index (κ1) is 29.6. The Labute approximate surface area is 253 Å². The lowest BCUT2D eigenvalue weighted by molar-refractivity contribution is -0.169. The maximum Gasteiger partial charge on any atom is 0.352 e. The van der Waals surface area contributed by atoms with Crippen molar-refractivity contribution in [3.05, 3.63) is 92.9 Å². The van der Waals surface area contributed by atoms with Gasteiger partial charge in [0.15, 0.2) is 0 Å². The van der Waals surface area contributed by atoms with E-state index >= 15 is 0 Å². The number of esters is 2. The molecule has 2 unspecified atom stereocenters. The first-order valence-electron chi connectivity index (χ1n) is 14.1. The molecule has 2 aromatic carbocycles. The molecule has 13 heteroatoms. The quantitative estimate of drug-likeness (QED) is 0.361. The summed E-state index contributed by atoms with van der Waals surface area (Å²) in [5.41, 5.74) is 0.729. The number of pyridine rings is 1. The molecule has 12 nitrogen and oxygen atoms in total. The molecule has 228 valence electrons. The van der Waals surface area contributed by atoms with E-state index in [-0.39, 0.29) is 48.9 Å². The van der Waals surface area contributed by atoms with Crippen molar-refractivity contribution < 1.29 is 37.0 Å². The fourth-order valence-corrected chi connectivity index (χ4v) is 7.60. The van der Waals surface area contributed by atoms with E-state index in [2.05, 4.69) is 0 Å². The van der Waals surface area contributed by atoms with Gasteiger partial charge in [0.25, 0.3) is 15.6 Å². The van der Waals surface area contributed by atoms with Crippen molar-refractivity contribution in [2.24, 2.45) is 0 Å². The standard InChI is InChI=1S/C31H29N3O9S/c1-3-40-30(37)27(22-17-26-31(41-14-15-42-31)12-13-33(26)28(35)23(22)18-32)43-29(36)25-16-20-6-4-5-7-24(20)34(25)44(38,39)21-10-8-19(2)9-11-21/h4-11,17,25,27H,3,12-16H2,1-2H3. The largest absolute Gasteiger partial charge is 0.463 e. The summed E-state index contributed by atoms with van der Waals surface area (Å²) in [6, 6.07) is 14.8. The number of hydrogen-bond donors (Lipinski definition) is 0. The minimum absolute atomic E-state index is 0.0279. The van der Waals surface area contributed by atoms with E-state index in [9.17, 15) is 28.1 Å². The maximum absolute atomic E-state index is 14.0. The first-order chi connectivity index (χ1) is 21.1. The van der Waals surface area contributed by atoms with Crippen molar-refractivity contribution in [2.45, 2.75) is 56.1 Å². The number of carbonyl (C=O) groups excluding carboxylic acids is 2. The van der Waals surface area contributed by atoms with E-state index in [1.807, 2.05) is 13.0 Å². The van der Waals surface area contributed by atoms with E-state index < -0.39 is 51.0 Å². The van der Waals surface area contributed by atoms with Gasteiger partial charge in [-0.25, -0.2) is 18.0 Å². The Morgan fingerprint density at radius 3 is 2.52 bits per heavy atom. The van der Waals surface area contributed by atoms with Crippen molar-refractivity contribution in [3.63, 3.8) is 0 Å². The number of carbonyl (C=O) groups is 2. The van der Waals surface area contributed by atoms with E-state index in [0.717, 1.165) is 9.87 Å². The predicted molar refractivity (Wildman–Crippen MR) is 154 cm³/mol. The lowest BCUT2D eigenvalue weighted by Crippen LogP contribution is -2.44. The molecule has 3 aliphatic rings. The van der Waals surface area contributed by atoms with Gasteiger partial charge in [-0.3, -0.25) is 9.10 Å². The molecule has 0 saturated carbocycles. The summed E-state index contributed by atoms with van der Waals surface area (Å²) in [7, 11) is -4.26. The number of benzene rings is 2. The van der Waals surface area contributed by atoms with Crippen LogP contribution in [0.4, 0.5) is 5.69 Å². The molecule has 3 aromatic rings. The zero-order valence-electron chi connectivity index (χ0n) is 24.0. The first-order valence-corrected chi connectivity index (χ1v) is 15.6. The van der Waals surface area contributed by atoms with Crippen LogP contribution in [0, 0.1) is 18.3 Å². The molecule has 2 atom stereocenters. The van der Waals surface area contributed by atoms with Crippen molar-refractivity contribution in [1.82, 2.24) is 4.57 Å². The number of para-hydroxylation sites is 1. The molecule has 1 aromatic heterocycles. The van der Waals surface area contributed by atoms with Crippen molar-refractivity contribution in [3.8, 4) is 6.07 Å². The Hall–Kier alpha value is -4.51. The highest BCUT2D eigenvalue weighted by Gasteiger charge is 2.48. The molecule has 0 radical (unpaired) electrons.